The van der Waals surface area contributed by atoms with Crippen LogP contribution in [0.2, 0.25) is 5.15 Å². The largest absolute Gasteiger partial charge is 0.370 e. The number of benzene rings is 3. The summed E-state index contributed by atoms with van der Waals surface area (Å²) in [4.78, 5) is 26.3. The number of fused-ring (bicyclic) bond motifs is 2. The third-order valence-electron chi connectivity index (χ3n) is 6.22. The number of nitrogens with one attached hydrogen (secondary N) is 2. The summed E-state index contributed by atoms with van der Waals surface area (Å²) in [5.41, 5.74) is 6.64. The van der Waals surface area contributed by atoms with Gasteiger partial charge in [-0.3, -0.25) is 9.59 Å². The summed E-state index contributed by atoms with van der Waals surface area (Å²) in [5, 5.41) is 6.92. The molecule has 2 heterocycles. The van der Waals surface area contributed by atoms with Crippen LogP contribution in [0, 0.1) is 13.8 Å². The van der Waals surface area contributed by atoms with Gasteiger partial charge in [-0.15, -0.1) is 0 Å². The van der Waals surface area contributed by atoms with Crippen LogP contribution in [0.1, 0.15) is 49.1 Å². The van der Waals surface area contributed by atoms with Crippen LogP contribution < -0.4 is 10.6 Å². The first-order valence-electron chi connectivity index (χ1n) is 11.1. The highest BCUT2D eigenvalue weighted by Crippen LogP contribution is 2.33. The van der Waals surface area contributed by atoms with Gasteiger partial charge in [-0.2, -0.15) is 0 Å². The number of carbonyl (C=O) groups is 2. The van der Waals surface area contributed by atoms with Gasteiger partial charge in [0, 0.05) is 28.2 Å². The van der Waals surface area contributed by atoms with E-state index in [1.165, 1.54) is 0 Å². The van der Waals surface area contributed by atoms with Gasteiger partial charge in [-0.1, -0.05) is 47.5 Å². The predicted molar refractivity (Wildman–Crippen MR) is 136 cm³/mol. The van der Waals surface area contributed by atoms with Crippen molar-refractivity contribution in [3.63, 3.8) is 0 Å². The number of Topliss-reactive ketones (excluding diaryl/α,β-unsaturated/α-hetero) is 1. The average molecular weight is 470 g/mol. The SMILES string of the molecule is Cc1ccc(C(=O)Nc2ccc(C(=O)C3Nc4ccccc4Cn4c(Cl)ccc43)cc2)c(C)c1. The summed E-state index contributed by atoms with van der Waals surface area (Å²) in [5.74, 6) is -0.244. The molecule has 1 atom stereocenters. The Labute approximate surface area is 203 Å². The Bertz CT molecular complexity index is 1410. The Hall–Kier alpha value is -3.83. The van der Waals surface area contributed by atoms with Crippen LogP contribution in [0.25, 0.3) is 0 Å². The molecule has 1 amide bonds. The zero-order valence-electron chi connectivity index (χ0n) is 18.9. The van der Waals surface area contributed by atoms with Crippen LogP contribution >= 0.6 is 11.6 Å². The minimum Gasteiger partial charge on any atom is -0.370 e. The summed E-state index contributed by atoms with van der Waals surface area (Å²) in [6, 6.07) is 23.8. The second-order valence-electron chi connectivity index (χ2n) is 8.62. The second-order valence-corrected chi connectivity index (χ2v) is 9.00. The van der Waals surface area contributed by atoms with E-state index in [1.807, 2.05) is 73.0 Å². The molecule has 34 heavy (non-hydrogen) atoms. The van der Waals surface area contributed by atoms with Crippen LogP contribution in [-0.2, 0) is 6.54 Å². The Balaban J connectivity index is 1.39. The fourth-order valence-electron chi connectivity index (χ4n) is 4.43. The fraction of sp³-hybridized carbons (Fsp3) is 0.143. The lowest BCUT2D eigenvalue weighted by molar-refractivity contribution is 0.0966. The van der Waals surface area contributed by atoms with Crippen molar-refractivity contribution >= 4 is 34.7 Å². The minimum atomic E-state index is -0.577. The topological polar surface area (TPSA) is 63.1 Å². The number of nitrogens with zero attached hydrogens (tertiary/aromatic N) is 1. The number of anilines is 2. The van der Waals surface area contributed by atoms with E-state index in [2.05, 4.69) is 10.6 Å². The second kappa shape index (κ2) is 8.84. The smallest absolute Gasteiger partial charge is 0.255 e. The molecule has 0 spiro atoms. The minimum absolute atomic E-state index is 0.0695. The quantitative estimate of drug-likeness (QED) is 0.339. The normalized spacial score (nSPS) is 14.4. The van der Waals surface area contributed by atoms with E-state index in [-0.39, 0.29) is 11.7 Å². The molecule has 5 rings (SSSR count). The Morgan fingerprint density at radius 2 is 1.74 bits per heavy atom. The number of aryl methyl sites for hydroxylation is 2. The number of hydrogen-bond acceptors (Lipinski definition) is 3. The predicted octanol–water partition coefficient (Wildman–Crippen LogP) is 6.41. The Morgan fingerprint density at radius 1 is 0.971 bits per heavy atom. The van der Waals surface area contributed by atoms with Crippen LogP contribution in [0.5, 0.6) is 0 Å². The number of rotatable bonds is 4. The van der Waals surface area contributed by atoms with E-state index < -0.39 is 6.04 Å². The Kier molecular flexibility index (Phi) is 5.72. The molecule has 0 aliphatic carbocycles. The van der Waals surface area contributed by atoms with E-state index in [0.29, 0.717) is 28.5 Å². The molecule has 1 unspecified atom stereocenters. The lowest BCUT2D eigenvalue weighted by Crippen LogP contribution is -2.22. The molecule has 4 aromatic rings. The molecule has 0 bridgehead atoms. The van der Waals surface area contributed by atoms with E-state index >= 15 is 0 Å². The molecule has 1 aromatic heterocycles. The third-order valence-corrected chi connectivity index (χ3v) is 6.55. The zero-order chi connectivity index (χ0) is 23.8. The molecule has 0 radical (unpaired) electrons. The van der Waals surface area contributed by atoms with Crippen LogP contribution in [0.4, 0.5) is 11.4 Å². The highest BCUT2D eigenvalue weighted by Gasteiger charge is 2.29. The van der Waals surface area contributed by atoms with Crippen molar-refractivity contribution in [3.8, 4) is 0 Å². The number of carbonyl (C=O) groups excluding carboxylic acids is 2. The van der Waals surface area contributed by atoms with Crippen molar-refractivity contribution in [2.75, 3.05) is 10.6 Å². The molecule has 0 fully saturated rings. The zero-order valence-corrected chi connectivity index (χ0v) is 19.7. The summed E-state index contributed by atoms with van der Waals surface area (Å²) < 4.78 is 1.96. The van der Waals surface area contributed by atoms with Gasteiger partial charge in [0.05, 0.1) is 6.54 Å². The van der Waals surface area contributed by atoms with Gasteiger partial charge >= 0.3 is 0 Å². The first-order chi connectivity index (χ1) is 16.4. The van der Waals surface area contributed by atoms with E-state index in [9.17, 15) is 9.59 Å². The maximum atomic E-state index is 13.6. The van der Waals surface area contributed by atoms with E-state index in [4.69, 9.17) is 11.6 Å². The van der Waals surface area contributed by atoms with Gasteiger partial charge in [0.1, 0.15) is 11.2 Å². The molecule has 1 aliphatic rings. The number of hydrogen-bond donors (Lipinski definition) is 2. The molecule has 6 heteroatoms. The monoisotopic (exact) mass is 469 g/mol. The van der Waals surface area contributed by atoms with E-state index in [0.717, 1.165) is 28.1 Å². The van der Waals surface area contributed by atoms with Crippen molar-refractivity contribution < 1.29 is 9.59 Å². The number of para-hydroxylation sites is 1. The lowest BCUT2D eigenvalue weighted by Gasteiger charge is -2.18. The summed E-state index contributed by atoms with van der Waals surface area (Å²) in [6.07, 6.45) is 0. The molecule has 3 aromatic carbocycles. The summed E-state index contributed by atoms with van der Waals surface area (Å²) in [7, 11) is 0. The third kappa shape index (κ3) is 4.11. The van der Waals surface area contributed by atoms with Crippen LogP contribution in [0.15, 0.2) is 78.9 Å². The first-order valence-corrected chi connectivity index (χ1v) is 11.5. The lowest BCUT2D eigenvalue weighted by atomic mass is 10.0. The summed E-state index contributed by atoms with van der Waals surface area (Å²) in [6.45, 7) is 4.51. The van der Waals surface area contributed by atoms with E-state index in [1.54, 1.807) is 24.3 Å². The van der Waals surface area contributed by atoms with Crippen LogP contribution in [0.3, 0.4) is 0 Å². The first kappa shape index (κ1) is 22.0. The molecule has 1 aliphatic heterocycles. The fourth-order valence-corrected chi connectivity index (χ4v) is 4.65. The van der Waals surface area contributed by atoms with Gasteiger partial charge in [0.15, 0.2) is 5.78 Å². The highest BCUT2D eigenvalue weighted by atomic mass is 35.5. The molecule has 0 saturated carbocycles. The van der Waals surface area contributed by atoms with Crippen molar-refractivity contribution in [2.45, 2.75) is 26.4 Å². The number of amides is 1. The van der Waals surface area contributed by atoms with Crippen molar-refractivity contribution in [3.05, 3.63) is 118 Å². The molecule has 2 N–H and O–H groups in total. The van der Waals surface area contributed by atoms with Crippen molar-refractivity contribution in [2.24, 2.45) is 0 Å². The highest BCUT2D eigenvalue weighted by molar-refractivity contribution is 6.29. The molecule has 0 saturated heterocycles. The van der Waals surface area contributed by atoms with Gasteiger partial charge < -0.3 is 15.2 Å². The average Bonchev–Trinajstić information content (AvgIpc) is 3.08. The maximum Gasteiger partial charge on any atom is 0.255 e. The molecule has 170 valence electrons. The number of halogens is 1. The van der Waals surface area contributed by atoms with Crippen LogP contribution in [-0.4, -0.2) is 16.3 Å². The summed E-state index contributed by atoms with van der Waals surface area (Å²) >= 11 is 6.44. The number of ketones is 1. The number of aromatic nitrogens is 1. The van der Waals surface area contributed by atoms with Crippen molar-refractivity contribution in [1.82, 2.24) is 4.57 Å². The maximum absolute atomic E-state index is 13.6. The van der Waals surface area contributed by atoms with Gasteiger partial charge in [0.25, 0.3) is 5.91 Å². The van der Waals surface area contributed by atoms with Gasteiger partial charge in [-0.25, -0.2) is 0 Å². The molecular weight excluding hydrogens is 446 g/mol. The standard InChI is InChI=1S/C28H24ClN3O2/c1-17-7-12-22(18(2)15-17)28(34)30-21-10-8-19(9-11-21)27(33)26-24-13-14-25(29)32(24)16-20-5-3-4-6-23(20)31-26/h3-15,26,31H,16H2,1-2H3,(H,30,34). The van der Waals surface area contributed by atoms with Gasteiger partial charge in [-0.05, 0) is 73.5 Å². The molecular formula is C28H24ClN3O2. The molecule has 5 nitrogen and oxygen atoms in total. The van der Waals surface area contributed by atoms with Gasteiger partial charge in [0.2, 0.25) is 0 Å². The van der Waals surface area contributed by atoms with Crippen molar-refractivity contribution in [1.29, 1.82) is 0 Å². The Morgan fingerprint density at radius 3 is 2.50 bits per heavy atom.